The lowest BCUT2D eigenvalue weighted by Crippen LogP contribution is -2.33. The third kappa shape index (κ3) is 3.29. The zero-order valence-electron chi connectivity index (χ0n) is 16.2. The van der Waals surface area contributed by atoms with Crippen LogP contribution < -0.4 is 5.56 Å². The average molecular weight is 371 g/mol. The van der Waals surface area contributed by atoms with Gasteiger partial charge in [0.05, 0.1) is 5.69 Å². The minimum Gasteiger partial charge on any atom is -0.311 e. The lowest BCUT2D eigenvalue weighted by Gasteiger charge is -2.31. The van der Waals surface area contributed by atoms with Crippen LogP contribution in [0.1, 0.15) is 47.0 Å². The lowest BCUT2D eigenvalue weighted by molar-refractivity contribution is 0.203. The number of aryl methyl sites for hydroxylation is 1. The third-order valence-corrected chi connectivity index (χ3v) is 6.15. The summed E-state index contributed by atoms with van der Waals surface area (Å²) in [5.74, 6) is 1.11. The zero-order chi connectivity index (χ0) is 19.1. The van der Waals surface area contributed by atoms with Gasteiger partial charge in [-0.05, 0) is 67.1 Å². The molecule has 0 radical (unpaired) electrons. The van der Waals surface area contributed by atoms with Crippen molar-refractivity contribution in [3.8, 4) is 11.1 Å². The van der Waals surface area contributed by atoms with Crippen molar-refractivity contribution in [3.63, 3.8) is 0 Å². The summed E-state index contributed by atoms with van der Waals surface area (Å²) in [5.41, 5.74) is 8.00. The second kappa shape index (κ2) is 7.02. The monoisotopic (exact) mass is 371 g/mol. The van der Waals surface area contributed by atoms with E-state index in [1.54, 1.807) is 6.07 Å². The van der Waals surface area contributed by atoms with E-state index in [1.807, 2.05) is 6.92 Å². The number of rotatable bonds is 3. The van der Waals surface area contributed by atoms with E-state index in [4.69, 9.17) is 0 Å². The van der Waals surface area contributed by atoms with E-state index < -0.39 is 0 Å². The Bertz CT molecular complexity index is 1080. The van der Waals surface area contributed by atoms with Gasteiger partial charge in [0.15, 0.2) is 0 Å². The Hall–Kier alpha value is -2.72. The van der Waals surface area contributed by atoms with E-state index in [0.29, 0.717) is 11.7 Å². The van der Waals surface area contributed by atoms with Gasteiger partial charge in [-0.25, -0.2) is 4.98 Å². The number of hydrogen-bond acceptors (Lipinski definition) is 3. The predicted molar refractivity (Wildman–Crippen MR) is 112 cm³/mol. The fourth-order valence-corrected chi connectivity index (χ4v) is 4.75. The topological polar surface area (TPSA) is 49.0 Å². The molecular formula is C24H25N3O. The molecule has 28 heavy (non-hydrogen) atoms. The molecule has 142 valence electrons. The molecule has 0 bridgehead atoms. The van der Waals surface area contributed by atoms with Crippen molar-refractivity contribution in [1.82, 2.24) is 14.9 Å². The largest absolute Gasteiger partial charge is 0.311 e. The van der Waals surface area contributed by atoms with Crippen molar-refractivity contribution in [2.24, 2.45) is 0 Å². The fraction of sp³-hybridized carbons (Fsp3) is 0.333. The van der Waals surface area contributed by atoms with Crippen molar-refractivity contribution in [2.45, 2.75) is 38.6 Å². The second-order valence-corrected chi connectivity index (χ2v) is 8.13. The molecule has 2 aromatic carbocycles. The quantitative estimate of drug-likeness (QED) is 0.591. The highest BCUT2D eigenvalue weighted by Crippen LogP contribution is 2.37. The van der Waals surface area contributed by atoms with Crippen LogP contribution in [0.4, 0.5) is 0 Å². The smallest absolute Gasteiger partial charge is 0.251 e. The van der Waals surface area contributed by atoms with Gasteiger partial charge in [-0.15, -0.1) is 0 Å². The standard InChI is InChI=1S/C24H25N3O/c1-16-25-23(14-24(28)26-16)18-8-10-27(11-9-18)15-17-6-7-22-20(12-17)13-19-4-2-3-5-21(19)22/h2-7,12,14,18H,8-11,13,15H2,1H3,(H,25,26,28). The summed E-state index contributed by atoms with van der Waals surface area (Å²) in [7, 11) is 0. The number of nitrogens with one attached hydrogen (secondary N) is 1. The number of piperidine rings is 1. The molecule has 1 N–H and O–H groups in total. The lowest BCUT2D eigenvalue weighted by atomic mass is 9.93. The molecule has 0 spiro atoms. The summed E-state index contributed by atoms with van der Waals surface area (Å²) in [6, 6.07) is 17.4. The van der Waals surface area contributed by atoms with Crippen LogP contribution in [0.25, 0.3) is 11.1 Å². The van der Waals surface area contributed by atoms with Gasteiger partial charge in [0.2, 0.25) is 0 Å². The molecule has 3 aromatic rings. The van der Waals surface area contributed by atoms with Crippen molar-refractivity contribution >= 4 is 0 Å². The van der Waals surface area contributed by atoms with E-state index in [9.17, 15) is 4.79 Å². The number of likely N-dealkylation sites (tertiary alicyclic amines) is 1. The number of H-pyrrole nitrogens is 1. The predicted octanol–water partition coefficient (Wildman–Crippen LogP) is 4.03. The average Bonchev–Trinajstić information content (AvgIpc) is 3.05. The van der Waals surface area contributed by atoms with Crippen LogP contribution in [-0.4, -0.2) is 28.0 Å². The molecule has 2 aliphatic rings. The van der Waals surface area contributed by atoms with Gasteiger partial charge >= 0.3 is 0 Å². The van der Waals surface area contributed by atoms with Crippen LogP contribution in [0.3, 0.4) is 0 Å². The van der Waals surface area contributed by atoms with Gasteiger partial charge in [0.25, 0.3) is 5.56 Å². The first-order valence-corrected chi connectivity index (χ1v) is 10.2. The van der Waals surface area contributed by atoms with Crippen LogP contribution in [-0.2, 0) is 13.0 Å². The summed E-state index contributed by atoms with van der Waals surface area (Å²) < 4.78 is 0. The molecule has 2 heterocycles. The van der Waals surface area contributed by atoms with Gasteiger partial charge in [-0.2, -0.15) is 0 Å². The molecule has 1 aliphatic carbocycles. The minimum absolute atomic E-state index is 0.0379. The molecular weight excluding hydrogens is 346 g/mol. The zero-order valence-corrected chi connectivity index (χ0v) is 16.2. The van der Waals surface area contributed by atoms with Crippen molar-refractivity contribution < 1.29 is 0 Å². The molecule has 0 saturated carbocycles. The Morgan fingerprint density at radius 2 is 1.82 bits per heavy atom. The summed E-state index contributed by atoms with van der Waals surface area (Å²) >= 11 is 0. The highest BCUT2D eigenvalue weighted by molar-refractivity contribution is 5.76. The highest BCUT2D eigenvalue weighted by Gasteiger charge is 2.23. The Kier molecular flexibility index (Phi) is 4.36. The number of benzene rings is 2. The Labute approximate surface area is 165 Å². The van der Waals surface area contributed by atoms with Crippen LogP contribution >= 0.6 is 0 Å². The van der Waals surface area contributed by atoms with E-state index in [-0.39, 0.29) is 5.56 Å². The van der Waals surface area contributed by atoms with Gasteiger partial charge in [-0.1, -0.05) is 42.5 Å². The first-order valence-electron chi connectivity index (χ1n) is 10.2. The fourth-order valence-electron chi connectivity index (χ4n) is 4.75. The first-order chi connectivity index (χ1) is 13.7. The van der Waals surface area contributed by atoms with Crippen LogP contribution in [0.15, 0.2) is 53.3 Å². The first kappa shape index (κ1) is 17.4. The molecule has 1 aliphatic heterocycles. The molecule has 1 aromatic heterocycles. The van der Waals surface area contributed by atoms with Gasteiger partial charge < -0.3 is 4.98 Å². The maximum atomic E-state index is 11.7. The van der Waals surface area contributed by atoms with Crippen molar-refractivity contribution in [1.29, 1.82) is 0 Å². The third-order valence-electron chi connectivity index (χ3n) is 6.15. The van der Waals surface area contributed by atoms with Gasteiger partial charge in [0.1, 0.15) is 5.82 Å². The molecule has 0 amide bonds. The molecule has 5 rings (SSSR count). The van der Waals surface area contributed by atoms with E-state index >= 15 is 0 Å². The number of aromatic nitrogens is 2. The SMILES string of the molecule is Cc1nc(C2CCN(Cc3ccc4c(c3)Cc3ccccc3-4)CC2)cc(=O)[nH]1. The summed E-state index contributed by atoms with van der Waals surface area (Å²) in [6.07, 6.45) is 3.17. The molecule has 4 heteroatoms. The minimum atomic E-state index is -0.0379. The Balaban J connectivity index is 1.25. The van der Waals surface area contributed by atoms with Gasteiger partial charge in [-0.3, -0.25) is 9.69 Å². The van der Waals surface area contributed by atoms with Crippen molar-refractivity contribution in [3.05, 3.63) is 87.1 Å². The number of nitrogens with zero attached hydrogens (tertiary/aromatic N) is 2. The van der Waals surface area contributed by atoms with E-state index in [0.717, 1.165) is 44.6 Å². The molecule has 4 nitrogen and oxygen atoms in total. The summed E-state index contributed by atoms with van der Waals surface area (Å²) in [4.78, 5) is 21.5. The Morgan fingerprint density at radius 3 is 2.64 bits per heavy atom. The molecule has 1 fully saturated rings. The second-order valence-electron chi connectivity index (χ2n) is 8.13. The maximum Gasteiger partial charge on any atom is 0.251 e. The number of fused-ring (bicyclic) bond motifs is 3. The van der Waals surface area contributed by atoms with Crippen LogP contribution in [0.2, 0.25) is 0 Å². The van der Waals surface area contributed by atoms with E-state index in [1.165, 1.54) is 27.8 Å². The molecule has 0 unspecified atom stereocenters. The Morgan fingerprint density at radius 1 is 1.04 bits per heavy atom. The van der Waals surface area contributed by atoms with Crippen LogP contribution in [0.5, 0.6) is 0 Å². The summed E-state index contributed by atoms with van der Waals surface area (Å²) in [5, 5.41) is 0. The maximum absolute atomic E-state index is 11.7. The normalized spacial score (nSPS) is 16.8. The van der Waals surface area contributed by atoms with Crippen LogP contribution in [0, 0.1) is 6.92 Å². The number of hydrogen-bond donors (Lipinski definition) is 1. The molecule has 1 saturated heterocycles. The summed E-state index contributed by atoms with van der Waals surface area (Å²) in [6.45, 7) is 4.95. The van der Waals surface area contributed by atoms with Crippen molar-refractivity contribution in [2.75, 3.05) is 13.1 Å². The molecule has 0 atom stereocenters. The highest BCUT2D eigenvalue weighted by atomic mass is 16.1. The van der Waals surface area contributed by atoms with E-state index in [2.05, 4.69) is 57.3 Å². The van der Waals surface area contributed by atoms with Gasteiger partial charge in [0, 0.05) is 18.5 Å². The number of aromatic amines is 1.